The summed E-state index contributed by atoms with van der Waals surface area (Å²) in [5.41, 5.74) is 0. The van der Waals surface area contributed by atoms with Crippen LogP contribution in [0.4, 0.5) is 0 Å². The minimum atomic E-state index is -0.836. The van der Waals surface area contributed by atoms with Crippen LogP contribution < -0.4 is 0 Å². The molecular formula is C71H112O6. The molecule has 0 radical (unpaired) electrons. The highest BCUT2D eigenvalue weighted by atomic mass is 16.6. The molecule has 0 aromatic heterocycles. The summed E-state index contributed by atoms with van der Waals surface area (Å²) in [6.07, 6.45) is 92.5. The second-order valence-corrected chi connectivity index (χ2v) is 19.8. The lowest BCUT2D eigenvalue weighted by atomic mass is 10.1. The minimum absolute atomic E-state index is 0.122. The van der Waals surface area contributed by atoms with Gasteiger partial charge in [-0.3, -0.25) is 14.4 Å². The molecule has 1 atom stereocenters. The van der Waals surface area contributed by atoms with Crippen LogP contribution in [0.2, 0.25) is 0 Å². The summed E-state index contributed by atoms with van der Waals surface area (Å²) in [4.78, 5) is 38.3. The van der Waals surface area contributed by atoms with Crippen molar-refractivity contribution in [3.8, 4) is 0 Å². The molecule has 6 nitrogen and oxygen atoms in total. The quantitative estimate of drug-likeness (QED) is 0.0261. The topological polar surface area (TPSA) is 78.9 Å². The fraction of sp³-hybridized carbons (Fsp3) is 0.592. The average Bonchev–Trinajstić information content (AvgIpc) is 3.43. The van der Waals surface area contributed by atoms with Crippen molar-refractivity contribution in [3.63, 3.8) is 0 Å². The van der Waals surface area contributed by atoms with E-state index in [-0.39, 0.29) is 31.6 Å². The predicted octanol–water partition coefficient (Wildman–Crippen LogP) is 21.3. The number of esters is 3. The van der Waals surface area contributed by atoms with Crippen molar-refractivity contribution >= 4 is 17.9 Å². The van der Waals surface area contributed by atoms with Gasteiger partial charge in [0.25, 0.3) is 0 Å². The molecule has 0 aliphatic carbocycles. The van der Waals surface area contributed by atoms with Gasteiger partial charge < -0.3 is 14.2 Å². The summed E-state index contributed by atoms with van der Waals surface area (Å²) in [7, 11) is 0. The number of ether oxygens (including phenoxy) is 3. The minimum Gasteiger partial charge on any atom is -0.462 e. The Morgan fingerprint density at radius 1 is 0.273 bits per heavy atom. The zero-order chi connectivity index (χ0) is 55.7. The van der Waals surface area contributed by atoms with E-state index in [2.05, 4.69) is 167 Å². The molecular weight excluding hydrogens is 949 g/mol. The lowest BCUT2D eigenvalue weighted by molar-refractivity contribution is -0.166. The van der Waals surface area contributed by atoms with Crippen LogP contribution in [0.5, 0.6) is 0 Å². The molecule has 0 saturated carbocycles. The van der Waals surface area contributed by atoms with Gasteiger partial charge in [0.05, 0.1) is 0 Å². The lowest BCUT2D eigenvalue weighted by Crippen LogP contribution is -2.30. The third kappa shape index (κ3) is 61.8. The van der Waals surface area contributed by atoms with Gasteiger partial charge in [-0.2, -0.15) is 0 Å². The van der Waals surface area contributed by atoms with Crippen molar-refractivity contribution in [1.29, 1.82) is 0 Å². The number of hydrogen-bond donors (Lipinski definition) is 0. The smallest absolute Gasteiger partial charge is 0.306 e. The molecule has 0 aliphatic rings. The molecule has 432 valence electrons. The van der Waals surface area contributed by atoms with Gasteiger partial charge in [0, 0.05) is 19.3 Å². The summed E-state index contributed by atoms with van der Waals surface area (Å²) in [5, 5.41) is 0. The number of carbonyl (C=O) groups excluding carboxylic acids is 3. The molecule has 0 fully saturated rings. The van der Waals surface area contributed by atoms with E-state index < -0.39 is 12.1 Å². The molecule has 0 rings (SSSR count). The van der Waals surface area contributed by atoms with Crippen molar-refractivity contribution in [1.82, 2.24) is 0 Å². The zero-order valence-corrected chi connectivity index (χ0v) is 49.4. The first-order valence-corrected chi connectivity index (χ1v) is 31.0. The summed E-state index contributed by atoms with van der Waals surface area (Å²) in [6, 6.07) is 0. The normalized spacial score (nSPS) is 13.2. The SMILES string of the molecule is CC/C=C\C/C=C\C/C=C\C/C=C\C/C=C\C/C=C\CCC(=O)OC(COC(=O)CCCCCCC/C=C\C/C=C\CCCCC)COC(=O)CCCCCCCCCCC/C=C\C/C=C\C/C=C\C/C=C\C/C=C\CC. The first-order valence-electron chi connectivity index (χ1n) is 31.0. The van der Waals surface area contributed by atoms with E-state index >= 15 is 0 Å². The Bertz CT molecular complexity index is 1740. The van der Waals surface area contributed by atoms with Crippen LogP contribution in [0.25, 0.3) is 0 Å². The van der Waals surface area contributed by atoms with Crippen molar-refractivity contribution < 1.29 is 28.6 Å². The molecule has 0 amide bonds. The van der Waals surface area contributed by atoms with Crippen LogP contribution in [0.3, 0.4) is 0 Å². The second kappa shape index (κ2) is 63.6. The van der Waals surface area contributed by atoms with Gasteiger partial charge in [-0.05, 0) is 135 Å². The molecule has 77 heavy (non-hydrogen) atoms. The van der Waals surface area contributed by atoms with Crippen LogP contribution in [0.1, 0.15) is 252 Å². The lowest BCUT2D eigenvalue weighted by Gasteiger charge is -2.18. The molecule has 0 spiro atoms. The molecule has 0 saturated heterocycles. The van der Waals surface area contributed by atoms with Gasteiger partial charge in [-0.15, -0.1) is 0 Å². The highest BCUT2D eigenvalue weighted by molar-refractivity contribution is 5.71. The van der Waals surface area contributed by atoms with Gasteiger partial charge in [-0.25, -0.2) is 0 Å². The number of allylic oxidation sites excluding steroid dienone is 26. The van der Waals surface area contributed by atoms with Crippen molar-refractivity contribution in [2.75, 3.05) is 13.2 Å². The average molecular weight is 1060 g/mol. The molecule has 6 heteroatoms. The maximum Gasteiger partial charge on any atom is 0.306 e. The monoisotopic (exact) mass is 1060 g/mol. The highest BCUT2D eigenvalue weighted by Gasteiger charge is 2.19. The number of unbranched alkanes of at least 4 members (excludes halogenated alkanes) is 17. The van der Waals surface area contributed by atoms with Crippen LogP contribution in [0.15, 0.2) is 158 Å². The first-order chi connectivity index (χ1) is 38.0. The number of carbonyl (C=O) groups is 3. The van der Waals surface area contributed by atoms with E-state index in [1.54, 1.807) is 0 Å². The third-order valence-corrected chi connectivity index (χ3v) is 12.5. The molecule has 0 bridgehead atoms. The zero-order valence-electron chi connectivity index (χ0n) is 49.4. The standard InChI is InChI=1S/C71H112O6/c1-4-7-10-13-16-19-22-25-28-30-32-33-34-35-36-37-39-40-43-46-49-52-55-58-61-64-70(73)76-67-68(66-75-69(72)63-60-57-54-51-48-45-42-27-24-21-18-15-12-9-6-3)77-71(74)65-62-59-56-53-50-47-44-41-38-31-29-26-23-20-17-14-11-8-5-2/h7-8,10-11,16-21,25-29,32-33,35-36,38,41-42,47,50,56,59,68H,4-6,9,12-15,22-24,30-31,34,37,39-40,43-46,48-49,51-55,57-58,60-67H2,1-3H3/b10-7-,11-8-,19-16-,20-17-,21-18-,28-25-,29-26-,33-32-,36-35-,41-38-,42-27-,50-47-,59-56-. The third-order valence-electron chi connectivity index (χ3n) is 12.5. The van der Waals surface area contributed by atoms with Gasteiger partial charge in [-0.1, -0.05) is 256 Å². The Morgan fingerprint density at radius 3 is 0.844 bits per heavy atom. The van der Waals surface area contributed by atoms with E-state index in [0.717, 1.165) is 141 Å². The maximum absolute atomic E-state index is 12.9. The summed E-state index contributed by atoms with van der Waals surface area (Å²) >= 11 is 0. The van der Waals surface area contributed by atoms with Crippen molar-refractivity contribution in [2.45, 2.75) is 258 Å². The van der Waals surface area contributed by atoms with Crippen LogP contribution >= 0.6 is 0 Å². The summed E-state index contributed by atoms with van der Waals surface area (Å²) < 4.78 is 16.8. The maximum atomic E-state index is 12.9. The van der Waals surface area contributed by atoms with E-state index in [0.29, 0.717) is 19.3 Å². The van der Waals surface area contributed by atoms with Crippen molar-refractivity contribution in [3.05, 3.63) is 158 Å². The highest BCUT2D eigenvalue weighted by Crippen LogP contribution is 2.14. The predicted molar refractivity (Wildman–Crippen MR) is 334 cm³/mol. The fourth-order valence-electron chi connectivity index (χ4n) is 7.94. The first kappa shape index (κ1) is 72.0. The van der Waals surface area contributed by atoms with Crippen LogP contribution in [-0.4, -0.2) is 37.2 Å². The Morgan fingerprint density at radius 2 is 0.532 bits per heavy atom. The Balaban J connectivity index is 4.50. The number of hydrogen-bond acceptors (Lipinski definition) is 6. The van der Waals surface area contributed by atoms with Gasteiger partial charge in [0.1, 0.15) is 13.2 Å². The molecule has 0 heterocycles. The van der Waals surface area contributed by atoms with E-state index in [1.807, 2.05) is 12.2 Å². The number of rotatable bonds is 54. The van der Waals surface area contributed by atoms with E-state index in [9.17, 15) is 14.4 Å². The van der Waals surface area contributed by atoms with E-state index in [4.69, 9.17) is 14.2 Å². The van der Waals surface area contributed by atoms with E-state index in [1.165, 1.54) is 64.2 Å². The van der Waals surface area contributed by atoms with Gasteiger partial charge in [0.15, 0.2) is 6.10 Å². The molecule has 1 unspecified atom stereocenters. The Labute approximate surface area is 473 Å². The molecule has 0 N–H and O–H groups in total. The van der Waals surface area contributed by atoms with Crippen molar-refractivity contribution in [2.24, 2.45) is 0 Å². The van der Waals surface area contributed by atoms with Crippen LogP contribution in [0, 0.1) is 0 Å². The summed E-state index contributed by atoms with van der Waals surface area (Å²) in [5.74, 6) is -1.03. The Kier molecular flexibility index (Phi) is 59.5. The molecule has 0 aromatic carbocycles. The van der Waals surface area contributed by atoms with Gasteiger partial charge >= 0.3 is 17.9 Å². The molecule has 0 aromatic rings. The molecule has 0 aliphatic heterocycles. The fourth-order valence-corrected chi connectivity index (χ4v) is 7.94. The Hall–Kier alpha value is -4.97. The summed E-state index contributed by atoms with van der Waals surface area (Å²) in [6.45, 7) is 6.30. The van der Waals surface area contributed by atoms with Gasteiger partial charge in [0.2, 0.25) is 0 Å². The van der Waals surface area contributed by atoms with Crippen LogP contribution in [-0.2, 0) is 28.6 Å². The largest absolute Gasteiger partial charge is 0.462 e. The second-order valence-electron chi connectivity index (χ2n) is 19.8.